The number of aliphatic carboxylic acids is 1. The largest absolute Gasteiger partial charge is 0.480 e. The summed E-state index contributed by atoms with van der Waals surface area (Å²) >= 11 is 18.3. The number of benzene rings is 1. The minimum atomic E-state index is -1.17. The normalized spacial score (nSPS) is 18.2. The monoisotopic (exact) mass is 432 g/mol. The number of nitrogens with zero attached hydrogens (tertiary/aromatic N) is 1. The maximum Gasteiger partial charge on any atom is 0.325 e. The zero-order chi connectivity index (χ0) is 19.6. The van der Waals surface area contributed by atoms with Gasteiger partial charge < -0.3 is 10.4 Å². The van der Waals surface area contributed by atoms with Gasteiger partial charge >= 0.3 is 5.97 Å². The van der Waals surface area contributed by atoms with Gasteiger partial charge in [-0.15, -0.1) is 0 Å². The first-order chi connectivity index (χ1) is 12.1. The molecule has 138 valence electrons. The molecule has 0 aromatic heterocycles. The van der Waals surface area contributed by atoms with E-state index in [0.29, 0.717) is 20.5 Å². The number of amides is 2. The summed E-state index contributed by atoms with van der Waals surface area (Å²) in [5.74, 6) is -2.24. The molecule has 1 aliphatic rings. The molecule has 2 N–H and O–H groups in total. The molecule has 1 heterocycles. The molecule has 1 fully saturated rings. The fraction of sp³-hybridized carbons (Fsp3) is 0.250. The van der Waals surface area contributed by atoms with Crippen molar-refractivity contribution in [1.29, 1.82) is 0 Å². The molecule has 6 nitrogen and oxygen atoms in total. The summed E-state index contributed by atoms with van der Waals surface area (Å²) in [6.45, 7) is 2.81. The fourth-order valence-electron chi connectivity index (χ4n) is 2.10. The summed E-state index contributed by atoms with van der Waals surface area (Å²) in [5.41, 5.74) is 0.552. The van der Waals surface area contributed by atoms with Crippen LogP contribution >= 0.6 is 47.2 Å². The quantitative estimate of drug-likeness (QED) is 0.548. The third-order valence-electron chi connectivity index (χ3n) is 3.59. The minimum Gasteiger partial charge on any atom is -0.480 e. The van der Waals surface area contributed by atoms with Gasteiger partial charge in [0.05, 0.1) is 15.0 Å². The predicted octanol–water partition coefficient (Wildman–Crippen LogP) is 3.17. The van der Waals surface area contributed by atoms with Crippen molar-refractivity contribution < 1.29 is 19.5 Å². The van der Waals surface area contributed by atoms with Crippen LogP contribution < -0.4 is 5.32 Å². The number of carboxylic acid groups (broad SMARTS) is 1. The van der Waals surface area contributed by atoms with Crippen molar-refractivity contribution in [2.75, 3.05) is 0 Å². The molecule has 0 aliphatic carbocycles. The molecule has 2 amide bonds. The average molecular weight is 433 g/mol. The lowest BCUT2D eigenvalue weighted by Gasteiger charge is -2.23. The first-order valence-electron chi connectivity index (χ1n) is 7.37. The van der Waals surface area contributed by atoms with E-state index in [1.165, 1.54) is 13.8 Å². The van der Waals surface area contributed by atoms with Crippen LogP contribution in [0.25, 0.3) is 6.08 Å². The molecule has 1 aromatic rings. The maximum absolute atomic E-state index is 12.7. The van der Waals surface area contributed by atoms with E-state index >= 15 is 0 Å². The number of halogens is 2. The highest BCUT2D eigenvalue weighted by Crippen LogP contribution is 2.36. The molecule has 0 bridgehead atoms. The summed E-state index contributed by atoms with van der Waals surface area (Å²) in [4.78, 5) is 37.2. The number of carboxylic acids is 1. The van der Waals surface area contributed by atoms with Crippen LogP contribution in [0.2, 0.25) is 10.0 Å². The van der Waals surface area contributed by atoms with Crippen molar-refractivity contribution in [2.24, 2.45) is 0 Å². The molecule has 26 heavy (non-hydrogen) atoms. The SMILES string of the molecule is CC(NC(=O)C(C)N1C(=O)/C(=C/c2cccc(Cl)c2Cl)SC1=S)C(=O)O. The predicted molar refractivity (Wildman–Crippen MR) is 106 cm³/mol. The van der Waals surface area contributed by atoms with E-state index in [0.717, 1.165) is 16.7 Å². The van der Waals surface area contributed by atoms with Gasteiger partial charge in [0.25, 0.3) is 5.91 Å². The van der Waals surface area contributed by atoms with Crippen molar-refractivity contribution in [3.05, 3.63) is 38.7 Å². The molecule has 0 radical (unpaired) electrons. The Hall–Kier alpha value is -1.61. The van der Waals surface area contributed by atoms with E-state index in [2.05, 4.69) is 5.32 Å². The Morgan fingerprint density at radius 3 is 2.62 bits per heavy atom. The van der Waals surface area contributed by atoms with Gasteiger partial charge in [0.1, 0.15) is 16.4 Å². The number of thioether (sulfide) groups is 1. The minimum absolute atomic E-state index is 0.199. The van der Waals surface area contributed by atoms with Crippen LogP contribution in [-0.2, 0) is 14.4 Å². The topological polar surface area (TPSA) is 86.7 Å². The molecular weight excluding hydrogens is 419 g/mol. The second-order valence-corrected chi connectivity index (χ2v) is 7.90. The number of hydrogen-bond donors (Lipinski definition) is 2. The molecule has 0 spiro atoms. The lowest BCUT2D eigenvalue weighted by Crippen LogP contribution is -2.50. The van der Waals surface area contributed by atoms with Crippen molar-refractivity contribution in [1.82, 2.24) is 10.2 Å². The Bertz CT molecular complexity index is 828. The number of carbonyl (C=O) groups excluding carboxylic acids is 2. The highest BCUT2D eigenvalue weighted by atomic mass is 35.5. The first-order valence-corrected chi connectivity index (χ1v) is 9.35. The number of thiocarbonyl (C=S) groups is 1. The Morgan fingerprint density at radius 2 is 2.00 bits per heavy atom. The number of carbonyl (C=O) groups is 3. The van der Waals surface area contributed by atoms with Crippen LogP contribution in [0.5, 0.6) is 0 Å². The zero-order valence-corrected chi connectivity index (χ0v) is 16.8. The number of nitrogens with one attached hydrogen (secondary N) is 1. The third-order valence-corrected chi connectivity index (χ3v) is 5.75. The lowest BCUT2D eigenvalue weighted by molar-refractivity contribution is -0.142. The molecule has 0 saturated carbocycles. The van der Waals surface area contributed by atoms with Gasteiger partial charge in [0.15, 0.2) is 0 Å². The Morgan fingerprint density at radius 1 is 1.35 bits per heavy atom. The van der Waals surface area contributed by atoms with Crippen molar-refractivity contribution in [3.8, 4) is 0 Å². The van der Waals surface area contributed by atoms with Gasteiger partial charge in [-0.05, 0) is 31.6 Å². The first kappa shape index (κ1) is 20.7. The summed E-state index contributed by atoms with van der Waals surface area (Å²) < 4.78 is 0.199. The Labute approximate surface area is 169 Å². The molecule has 10 heteroatoms. The van der Waals surface area contributed by atoms with Gasteiger partial charge in [0.2, 0.25) is 5.91 Å². The summed E-state index contributed by atoms with van der Waals surface area (Å²) in [6.07, 6.45) is 1.55. The van der Waals surface area contributed by atoms with Crippen LogP contribution in [0.4, 0.5) is 0 Å². The summed E-state index contributed by atoms with van der Waals surface area (Å²) in [7, 11) is 0. The highest BCUT2D eigenvalue weighted by Gasteiger charge is 2.38. The van der Waals surface area contributed by atoms with Crippen LogP contribution in [0.3, 0.4) is 0 Å². The summed E-state index contributed by atoms with van der Waals surface area (Å²) in [6, 6.07) is 2.99. The Balaban J connectivity index is 2.23. The highest BCUT2D eigenvalue weighted by molar-refractivity contribution is 8.26. The van der Waals surface area contributed by atoms with E-state index in [1.54, 1.807) is 24.3 Å². The van der Waals surface area contributed by atoms with Crippen LogP contribution in [0, 0.1) is 0 Å². The lowest BCUT2D eigenvalue weighted by atomic mass is 10.2. The molecule has 2 atom stereocenters. The molecule has 2 unspecified atom stereocenters. The zero-order valence-electron chi connectivity index (χ0n) is 13.7. The second-order valence-electron chi connectivity index (χ2n) is 5.44. The maximum atomic E-state index is 12.7. The van der Waals surface area contributed by atoms with Gasteiger partial charge in [-0.1, -0.05) is 59.3 Å². The van der Waals surface area contributed by atoms with Crippen molar-refractivity contribution >= 4 is 75.4 Å². The standard InChI is InChI=1S/C16H14Cl2N2O4S2/c1-7(15(23)24)19-13(21)8(2)20-14(22)11(26-16(20)25)6-9-4-3-5-10(17)12(9)18/h3-8H,1-2H3,(H,19,21)(H,23,24)/b11-6-. The fourth-order valence-corrected chi connectivity index (χ4v) is 3.87. The van der Waals surface area contributed by atoms with Gasteiger partial charge in [0, 0.05) is 0 Å². The van der Waals surface area contributed by atoms with E-state index < -0.39 is 29.9 Å². The molecular formula is C16H14Cl2N2O4S2. The van der Waals surface area contributed by atoms with E-state index in [1.807, 2.05) is 0 Å². The molecule has 1 saturated heterocycles. The van der Waals surface area contributed by atoms with Crippen molar-refractivity contribution in [3.63, 3.8) is 0 Å². The smallest absolute Gasteiger partial charge is 0.325 e. The van der Waals surface area contributed by atoms with E-state index in [9.17, 15) is 14.4 Å². The Kier molecular flexibility index (Phi) is 6.68. The number of rotatable bonds is 5. The molecule has 1 aromatic carbocycles. The third kappa shape index (κ3) is 4.37. The van der Waals surface area contributed by atoms with Crippen LogP contribution in [0.15, 0.2) is 23.1 Å². The van der Waals surface area contributed by atoms with Crippen molar-refractivity contribution in [2.45, 2.75) is 25.9 Å². The molecule has 2 rings (SSSR count). The van der Waals surface area contributed by atoms with E-state index in [4.69, 9.17) is 40.5 Å². The van der Waals surface area contributed by atoms with Gasteiger partial charge in [-0.2, -0.15) is 0 Å². The number of hydrogen-bond acceptors (Lipinski definition) is 5. The second kappa shape index (κ2) is 8.39. The van der Waals surface area contributed by atoms with Crippen LogP contribution in [0.1, 0.15) is 19.4 Å². The van der Waals surface area contributed by atoms with Gasteiger partial charge in [-0.3, -0.25) is 19.3 Å². The van der Waals surface area contributed by atoms with E-state index in [-0.39, 0.29) is 4.32 Å². The molecule has 1 aliphatic heterocycles. The van der Waals surface area contributed by atoms with Gasteiger partial charge in [-0.25, -0.2) is 0 Å². The van der Waals surface area contributed by atoms with Crippen LogP contribution in [-0.4, -0.2) is 44.2 Å². The summed E-state index contributed by atoms with van der Waals surface area (Å²) in [5, 5.41) is 11.9. The average Bonchev–Trinajstić information content (AvgIpc) is 2.84.